The second-order valence-corrected chi connectivity index (χ2v) is 5.87. The van der Waals surface area contributed by atoms with Gasteiger partial charge in [0.1, 0.15) is 0 Å². The lowest BCUT2D eigenvalue weighted by Crippen LogP contribution is -2.46. The van der Waals surface area contributed by atoms with E-state index in [9.17, 15) is 4.79 Å². The van der Waals surface area contributed by atoms with Crippen molar-refractivity contribution in [2.24, 2.45) is 0 Å². The molecule has 0 aromatic heterocycles. The molecule has 0 bridgehead atoms. The molecule has 1 saturated heterocycles. The van der Waals surface area contributed by atoms with Crippen molar-refractivity contribution in [3.63, 3.8) is 0 Å². The molecule has 2 aliphatic heterocycles. The van der Waals surface area contributed by atoms with Crippen molar-refractivity contribution in [1.82, 2.24) is 10.2 Å². The normalized spacial score (nSPS) is 22.4. The molecule has 0 saturated carbocycles. The third-order valence-corrected chi connectivity index (χ3v) is 4.37. The second-order valence-electron chi connectivity index (χ2n) is 5.87. The van der Waals surface area contributed by atoms with Crippen LogP contribution in [0.25, 0.3) is 0 Å². The van der Waals surface area contributed by atoms with Gasteiger partial charge in [0.05, 0.1) is 0 Å². The highest BCUT2D eigenvalue weighted by Gasteiger charge is 2.22. The van der Waals surface area contributed by atoms with Crippen LogP contribution >= 0.6 is 0 Å². The van der Waals surface area contributed by atoms with Gasteiger partial charge in [-0.05, 0) is 30.4 Å². The lowest BCUT2D eigenvalue weighted by Gasteiger charge is -2.31. The average Bonchev–Trinajstić information content (AvgIpc) is 2.48. The molecule has 2 heterocycles. The zero-order valence-electron chi connectivity index (χ0n) is 12.1. The van der Waals surface area contributed by atoms with Gasteiger partial charge in [-0.25, -0.2) is 0 Å². The van der Waals surface area contributed by atoms with E-state index in [2.05, 4.69) is 28.8 Å². The van der Waals surface area contributed by atoms with Crippen LogP contribution in [0.2, 0.25) is 0 Å². The number of hydrogen-bond donors (Lipinski definition) is 2. The molecule has 2 N–H and O–H groups in total. The highest BCUT2D eigenvalue weighted by molar-refractivity contribution is 5.76. The topological polar surface area (TPSA) is 44.4 Å². The molecule has 1 atom stereocenters. The molecule has 1 aromatic rings. The molecule has 1 unspecified atom stereocenters. The summed E-state index contributed by atoms with van der Waals surface area (Å²) in [6, 6.07) is 6.98. The molecule has 108 valence electrons. The Morgan fingerprint density at radius 2 is 2.30 bits per heavy atom. The van der Waals surface area contributed by atoms with Gasteiger partial charge in [-0.1, -0.05) is 18.2 Å². The lowest BCUT2D eigenvalue weighted by molar-refractivity contribution is -0.132. The van der Waals surface area contributed by atoms with E-state index in [0.29, 0.717) is 12.5 Å². The Bertz CT molecular complexity index is 500. The van der Waals surface area contributed by atoms with Crippen molar-refractivity contribution < 1.29 is 4.79 Å². The minimum Gasteiger partial charge on any atom is -0.385 e. The Hall–Kier alpha value is -1.55. The number of anilines is 1. The van der Waals surface area contributed by atoms with E-state index in [0.717, 1.165) is 26.1 Å². The number of likely N-dealkylation sites (tertiary alicyclic amines) is 1. The Kier molecular flexibility index (Phi) is 3.92. The molecule has 0 aliphatic carbocycles. The quantitative estimate of drug-likeness (QED) is 0.882. The molecule has 1 fully saturated rings. The third-order valence-electron chi connectivity index (χ3n) is 4.37. The van der Waals surface area contributed by atoms with E-state index in [4.69, 9.17) is 0 Å². The summed E-state index contributed by atoms with van der Waals surface area (Å²) in [5.41, 5.74) is 4.11. The van der Waals surface area contributed by atoms with Gasteiger partial charge in [-0.2, -0.15) is 0 Å². The van der Waals surface area contributed by atoms with Gasteiger partial charge in [-0.3, -0.25) is 4.79 Å². The number of rotatable bonds is 3. The number of aryl methyl sites for hydroxylation is 1. The van der Waals surface area contributed by atoms with Crippen LogP contribution in [0.15, 0.2) is 18.2 Å². The maximum absolute atomic E-state index is 11.5. The predicted molar refractivity (Wildman–Crippen MR) is 80.8 cm³/mol. The molecule has 0 spiro atoms. The van der Waals surface area contributed by atoms with Gasteiger partial charge in [0.25, 0.3) is 0 Å². The second kappa shape index (κ2) is 5.83. The molecular formula is C16H23N3O. The van der Waals surface area contributed by atoms with Gasteiger partial charge in [0.2, 0.25) is 5.91 Å². The first-order chi connectivity index (χ1) is 9.74. The third kappa shape index (κ3) is 2.80. The summed E-state index contributed by atoms with van der Waals surface area (Å²) in [6.45, 7) is 2.77. The zero-order valence-corrected chi connectivity index (χ0v) is 12.1. The first-order valence-electron chi connectivity index (χ1n) is 7.56. The fourth-order valence-electron chi connectivity index (χ4n) is 3.16. The summed E-state index contributed by atoms with van der Waals surface area (Å²) in [5.74, 6) is 0.266. The van der Waals surface area contributed by atoms with E-state index in [1.165, 1.54) is 29.7 Å². The van der Waals surface area contributed by atoms with Crippen molar-refractivity contribution in [2.75, 3.05) is 25.5 Å². The van der Waals surface area contributed by atoms with Gasteiger partial charge < -0.3 is 15.5 Å². The summed E-state index contributed by atoms with van der Waals surface area (Å²) in [6.07, 6.45) is 4.02. The molecule has 4 heteroatoms. The molecule has 3 rings (SSSR count). The average molecular weight is 273 g/mol. The fourth-order valence-corrected chi connectivity index (χ4v) is 3.16. The number of carbonyl (C=O) groups excluding carboxylic acids is 1. The van der Waals surface area contributed by atoms with E-state index in [-0.39, 0.29) is 5.91 Å². The maximum atomic E-state index is 11.5. The molecule has 1 aromatic carbocycles. The molecule has 2 aliphatic rings. The van der Waals surface area contributed by atoms with Crippen LogP contribution in [0.5, 0.6) is 0 Å². The van der Waals surface area contributed by atoms with Gasteiger partial charge in [0, 0.05) is 44.8 Å². The van der Waals surface area contributed by atoms with Crippen molar-refractivity contribution in [3.05, 3.63) is 29.3 Å². The summed E-state index contributed by atoms with van der Waals surface area (Å²) < 4.78 is 0. The number of hydrogen-bond acceptors (Lipinski definition) is 3. The van der Waals surface area contributed by atoms with Crippen LogP contribution < -0.4 is 10.6 Å². The first-order valence-corrected chi connectivity index (χ1v) is 7.56. The van der Waals surface area contributed by atoms with E-state index in [1.807, 2.05) is 11.9 Å². The van der Waals surface area contributed by atoms with Gasteiger partial charge >= 0.3 is 0 Å². The Labute approximate surface area is 120 Å². The molecule has 0 radical (unpaired) electrons. The van der Waals surface area contributed by atoms with Crippen LogP contribution in [0.4, 0.5) is 5.69 Å². The highest BCUT2D eigenvalue weighted by Crippen LogP contribution is 2.26. The maximum Gasteiger partial charge on any atom is 0.222 e. The van der Waals surface area contributed by atoms with E-state index >= 15 is 0 Å². The molecule has 4 nitrogen and oxygen atoms in total. The first kappa shape index (κ1) is 13.4. The van der Waals surface area contributed by atoms with Crippen LogP contribution in [0, 0.1) is 0 Å². The Morgan fingerprint density at radius 1 is 1.40 bits per heavy atom. The lowest BCUT2D eigenvalue weighted by atomic mass is 9.99. The van der Waals surface area contributed by atoms with E-state index < -0.39 is 0 Å². The minimum atomic E-state index is 0.266. The highest BCUT2D eigenvalue weighted by atomic mass is 16.2. The Balaban J connectivity index is 1.63. The van der Waals surface area contributed by atoms with Crippen LogP contribution in [-0.4, -0.2) is 37.0 Å². The van der Waals surface area contributed by atoms with Crippen molar-refractivity contribution in [1.29, 1.82) is 0 Å². The SMILES string of the molecule is CN1CC(NCc2cccc3c2NCCC3)CCC1=O. The molecule has 1 amide bonds. The largest absolute Gasteiger partial charge is 0.385 e. The number of para-hydroxylation sites is 1. The van der Waals surface area contributed by atoms with Gasteiger partial charge in [-0.15, -0.1) is 0 Å². The number of nitrogens with zero attached hydrogens (tertiary/aromatic N) is 1. The zero-order chi connectivity index (χ0) is 13.9. The number of fused-ring (bicyclic) bond motifs is 1. The summed E-state index contributed by atoms with van der Waals surface area (Å²) in [5, 5.41) is 7.14. The summed E-state index contributed by atoms with van der Waals surface area (Å²) >= 11 is 0. The molecule has 20 heavy (non-hydrogen) atoms. The number of benzene rings is 1. The number of piperidine rings is 1. The van der Waals surface area contributed by atoms with Crippen molar-refractivity contribution >= 4 is 11.6 Å². The van der Waals surface area contributed by atoms with Crippen LogP contribution in [-0.2, 0) is 17.8 Å². The van der Waals surface area contributed by atoms with Crippen molar-refractivity contribution in [2.45, 2.75) is 38.3 Å². The number of nitrogens with one attached hydrogen (secondary N) is 2. The van der Waals surface area contributed by atoms with Gasteiger partial charge in [0.15, 0.2) is 0 Å². The van der Waals surface area contributed by atoms with Crippen molar-refractivity contribution in [3.8, 4) is 0 Å². The van der Waals surface area contributed by atoms with E-state index in [1.54, 1.807) is 0 Å². The number of amides is 1. The molecular weight excluding hydrogens is 250 g/mol. The predicted octanol–water partition coefficient (Wildman–Crippen LogP) is 1.76. The monoisotopic (exact) mass is 273 g/mol. The Morgan fingerprint density at radius 3 is 3.15 bits per heavy atom. The minimum absolute atomic E-state index is 0.266. The van der Waals surface area contributed by atoms with Crippen LogP contribution in [0.1, 0.15) is 30.4 Å². The number of carbonyl (C=O) groups is 1. The smallest absolute Gasteiger partial charge is 0.222 e. The standard InChI is InChI=1S/C16H23N3O/c1-19-11-14(7-8-15(19)20)18-10-13-5-2-4-12-6-3-9-17-16(12)13/h2,4-5,14,17-18H,3,6-11H2,1H3. The summed E-state index contributed by atoms with van der Waals surface area (Å²) in [7, 11) is 1.89. The fraction of sp³-hybridized carbons (Fsp3) is 0.562. The summed E-state index contributed by atoms with van der Waals surface area (Å²) in [4.78, 5) is 13.3. The number of likely N-dealkylation sites (N-methyl/N-ethyl adjacent to an activating group) is 1. The van der Waals surface area contributed by atoms with Crippen LogP contribution in [0.3, 0.4) is 0 Å².